The van der Waals surface area contributed by atoms with Crippen LogP contribution in [0.25, 0.3) is 11.6 Å². The van der Waals surface area contributed by atoms with Crippen LogP contribution in [0, 0.1) is 6.92 Å². The summed E-state index contributed by atoms with van der Waals surface area (Å²) in [6.07, 6.45) is 11.7. The molecule has 144 valence electrons. The Morgan fingerprint density at radius 2 is 2.07 bits per heavy atom. The SMILES string of the molecule is CCCc1c(C2=CCC3NN=C(N)C3=C2)nc2c(c1C)C1C(C)=NNC1C=C2. The normalized spacial score (nSPS) is 26.9. The van der Waals surface area contributed by atoms with Gasteiger partial charge in [0.2, 0.25) is 0 Å². The van der Waals surface area contributed by atoms with E-state index in [1.165, 1.54) is 16.7 Å². The quantitative estimate of drug-likeness (QED) is 0.759. The van der Waals surface area contributed by atoms with Crippen molar-refractivity contribution in [3.05, 3.63) is 51.9 Å². The van der Waals surface area contributed by atoms with Crippen LogP contribution in [-0.4, -0.2) is 28.6 Å². The molecule has 2 aliphatic carbocycles. The maximum absolute atomic E-state index is 6.08. The third-order valence-corrected chi connectivity index (χ3v) is 6.29. The first kappa shape index (κ1) is 17.2. The fourth-order valence-electron chi connectivity index (χ4n) is 4.86. The number of nitrogens with zero attached hydrogens (tertiary/aromatic N) is 3. The molecule has 1 aromatic heterocycles. The molecular formula is C22H26N6. The van der Waals surface area contributed by atoms with Crippen molar-refractivity contribution in [1.82, 2.24) is 15.8 Å². The molecule has 5 rings (SSSR count). The molecule has 3 heterocycles. The highest BCUT2D eigenvalue weighted by atomic mass is 15.4. The van der Waals surface area contributed by atoms with Gasteiger partial charge in [0, 0.05) is 11.3 Å². The molecule has 0 aromatic carbocycles. The molecule has 3 unspecified atom stereocenters. The van der Waals surface area contributed by atoms with E-state index in [9.17, 15) is 0 Å². The molecule has 4 N–H and O–H groups in total. The van der Waals surface area contributed by atoms with Crippen LogP contribution in [0.2, 0.25) is 0 Å². The fourth-order valence-corrected chi connectivity index (χ4v) is 4.86. The summed E-state index contributed by atoms with van der Waals surface area (Å²) in [7, 11) is 0. The molecule has 0 radical (unpaired) electrons. The van der Waals surface area contributed by atoms with Gasteiger partial charge in [0.25, 0.3) is 0 Å². The summed E-state index contributed by atoms with van der Waals surface area (Å²) < 4.78 is 0. The summed E-state index contributed by atoms with van der Waals surface area (Å²) >= 11 is 0. The minimum atomic E-state index is 0.196. The molecule has 0 fully saturated rings. The highest BCUT2D eigenvalue weighted by Crippen LogP contribution is 2.39. The highest BCUT2D eigenvalue weighted by Gasteiger charge is 2.36. The Morgan fingerprint density at radius 1 is 1.21 bits per heavy atom. The van der Waals surface area contributed by atoms with Crippen LogP contribution in [0.4, 0.5) is 0 Å². The zero-order chi connectivity index (χ0) is 19.4. The van der Waals surface area contributed by atoms with Gasteiger partial charge in [-0.15, -0.1) is 0 Å². The van der Waals surface area contributed by atoms with E-state index in [4.69, 9.17) is 10.7 Å². The molecule has 6 heteroatoms. The Hall–Kier alpha value is -2.89. The number of hydrogen-bond acceptors (Lipinski definition) is 6. The van der Waals surface area contributed by atoms with Crippen molar-refractivity contribution >= 4 is 23.2 Å². The highest BCUT2D eigenvalue weighted by molar-refractivity contribution is 6.03. The number of amidine groups is 1. The van der Waals surface area contributed by atoms with Crippen molar-refractivity contribution in [3.63, 3.8) is 0 Å². The predicted octanol–water partition coefficient (Wildman–Crippen LogP) is 2.76. The summed E-state index contributed by atoms with van der Waals surface area (Å²) in [5.41, 5.74) is 22.0. The molecular weight excluding hydrogens is 348 g/mol. The minimum absolute atomic E-state index is 0.196. The number of hydrazone groups is 2. The van der Waals surface area contributed by atoms with Gasteiger partial charge in [0.1, 0.15) is 5.84 Å². The van der Waals surface area contributed by atoms with E-state index in [1.54, 1.807) is 0 Å². The van der Waals surface area contributed by atoms with Crippen LogP contribution in [0.5, 0.6) is 0 Å². The van der Waals surface area contributed by atoms with Crippen LogP contribution in [0.15, 0.2) is 34.0 Å². The van der Waals surface area contributed by atoms with Crippen molar-refractivity contribution in [2.45, 2.75) is 58.0 Å². The van der Waals surface area contributed by atoms with E-state index >= 15 is 0 Å². The Bertz CT molecular complexity index is 1010. The topological polar surface area (TPSA) is 87.7 Å². The van der Waals surface area contributed by atoms with Crippen LogP contribution in [0.1, 0.15) is 60.7 Å². The third-order valence-electron chi connectivity index (χ3n) is 6.29. The smallest absolute Gasteiger partial charge is 0.148 e. The van der Waals surface area contributed by atoms with Crippen molar-refractivity contribution in [2.24, 2.45) is 15.9 Å². The molecule has 0 saturated carbocycles. The molecule has 28 heavy (non-hydrogen) atoms. The van der Waals surface area contributed by atoms with Gasteiger partial charge in [0.05, 0.1) is 29.4 Å². The van der Waals surface area contributed by atoms with Crippen molar-refractivity contribution in [3.8, 4) is 0 Å². The number of aromatic nitrogens is 1. The Morgan fingerprint density at radius 3 is 2.89 bits per heavy atom. The first-order valence-corrected chi connectivity index (χ1v) is 10.1. The lowest BCUT2D eigenvalue weighted by Crippen LogP contribution is -2.30. The van der Waals surface area contributed by atoms with Crippen LogP contribution in [-0.2, 0) is 6.42 Å². The van der Waals surface area contributed by atoms with Gasteiger partial charge in [0.15, 0.2) is 0 Å². The molecule has 0 bridgehead atoms. The van der Waals surface area contributed by atoms with Crippen molar-refractivity contribution in [2.75, 3.05) is 0 Å². The summed E-state index contributed by atoms with van der Waals surface area (Å²) in [5.74, 6) is 0.871. The third kappa shape index (κ3) is 2.44. The molecule has 1 aromatic rings. The van der Waals surface area contributed by atoms with Crippen LogP contribution in [0.3, 0.4) is 0 Å². The molecule has 6 nitrogen and oxygen atoms in total. The average Bonchev–Trinajstić information content (AvgIpc) is 3.26. The molecule has 3 atom stereocenters. The second-order valence-electron chi connectivity index (χ2n) is 8.03. The van der Waals surface area contributed by atoms with E-state index in [1.807, 2.05) is 0 Å². The van der Waals surface area contributed by atoms with E-state index in [2.05, 4.69) is 66.1 Å². The number of nitrogens with one attached hydrogen (secondary N) is 2. The number of allylic oxidation sites excluding steroid dienone is 2. The zero-order valence-electron chi connectivity index (χ0n) is 16.6. The van der Waals surface area contributed by atoms with E-state index in [0.29, 0.717) is 5.84 Å². The van der Waals surface area contributed by atoms with Crippen LogP contribution >= 0.6 is 0 Å². The Labute approximate surface area is 165 Å². The number of rotatable bonds is 3. The van der Waals surface area contributed by atoms with Gasteiger partial charge < -0.3 is 16.6 Å². The Balaban J connectivity index is 1.67. The van der Waals surface area contributed by atoms with E-state index in [0.717, 1.165) is 47.5 Å². The monoisotopic (exact) mass is 374 g/mol. The second kappa shape index (κ2) is 6.33. The number of nitrogens with two attached hydrogens (primary N) is 1. The van der Waals surface area contributed by atoms with Gasteiger partial charge >= 0.3 is 0 Å². The lowest BCUT2D eigenvalue weighted by atomic mass is 9.79. The second-order valence-corrected chi connectivity index (χ2v) is 8.03. The maximum Gasteiger partial charge on any atom is 0.148 e. The van der Waals surface area contributed by atoms with E-state index in [-0.39, 0.29) is 18.0 Å². The molecule has 4 aliphatic rings. The maximum atomic E-state index is 6.08. The molecule has 2 aliphatic heterocycles. The lowest BCUT2D eigenvalue weighted by molar-refractivity contribution is 0.632. The lowest BCUT2D eigenvalue weighted by Gasteiger charge is -2.28. The number of hydrogen-bond donors (Lipinski definition) is 3. The van der Waals surface area contributed by atoms with Crippen molar-refractivity contribution in [1.29, 1.82) is 0 Å². The predicted molar refractivity (Wildman–Crippen MR) is 114 cm³/mol. The fraction of sp³-hybridized carbons (Fsp3) is 0.409. The summed E-state index contributed by atoms with van der Waals surface area (Å²) in [5, 5.41) is 8.68. The van der Waals surface area contributed by atoms with Gasteiger partial charge in [-0.1, -0.05) is 25.5 Å². The minimum Gasteiger partial charge on any atom is -0.382 e. The zero-order valence-corrected chi connectivity index (χ0v) is 16.6. The summed E-state index contributed by atoms with van der Waals surface area (Å²) in [6.45, 7) is 6.59. The molecule has 0 spiro atoms. The Kier molecular flexibility index (Phi) is 3.89. The summed E-state index contributed by atoms with van der Waals surface area (Å²) in [4.78, 5) is 5.17. The largest absolute Gasteiger partial charge is 0.382 e. The molecule has 0 saturated heterocycles. The van der Waals surface area contributed by atoms with Gasteiger partial charge in [-0.05, 0) is 61.1 Å². The van der Waals surface area contributed by atoms with E-state index < -0.39 is 0 Å². The number of fused-ring (bicyclic) bond motifs is 4. The standard InChI is InChI=1S/C22H26N6/c1-4-5-14-11(2)19-17(8-9-18-20(19)12(3)25-27-18)24-21(14)13-6-7-16-15(10-13)22(23)28-26-16/h6,8-10,16,18,20,26-27H,4-5,7H2,1-3H3,(H2,23,28). The average molecular weight is 374 g/mol. The number of pyridine rings is 1. The molecule has 0 amide bonds. The van der Waals surface area contributed by atoms with Gasteiger partial charge in [-0.3, -0.25) is 0 Å². The first-order valence-electron chi connectivity index (χ1n) is 10.1. The first-order chi connectivity index (χ1) is 13.6. The van der Waals surface area contributed by atoms with Crippen LogP contribution < -0.4 is 16.6 Å². The van der Waals surface area contributed by atoms with Gasteiger partial charge in [-0.2, -0.15) is 10.2 Å². The van der Waals surface area contributed by atoms with Crippen molar-refractivity contribution < 1.29 is 0 Å². The van der Waals surface area contributed by atoms with Gasteiger partial charge in [-0.25, -0.2) is 4.98 Å². The summed E-state index contributed by atoms with van der Waals surface area (Å²) in [6, 6.07) is 0.437.